The Hall–Kier alpha value is -0.420. The van der Waals surface area contributed by atoms with Gasteiger partial charge in [0.1, 0.15) is 11.7 Å². The van der Waals surface area contributed by atoms with E-state index < -0.39 is 11.7 Å². The minimum Gasteiger partial charge on any atom is -0.393 e. The Morgan fingerprint density at radius 1 is 1.47 bits per heavy atom. The van der Waals surface area contributed by atoms with Gasteiger partial charge in [-0.1, -0.05) is 20.4 Å². The maximum Gasteiger partial charge on any atom is 0.125 e. The summed E-state index contributed by atoms with van der Waals surface area (Å²) in [5, 5.41) is 29.5. The second kappa shape index (κ2) is 4.04. The van der Waals surface area contributed by atoms with Gasteiger partial charge in [0.05, 0.1) is 18.8 Å². The summed E-state index contributed by atoms with van der Waals surface area (Å²) in [5.74, 6) is 0.761. The number of aliphatic hydroxyl groups is 3. The second-order valence-electron chi connectivity index (χ2n) is 6.97. The van der Waals surface area contributed by atoms with Crippen molar-refractivity contribution >= 4 is 0 Å². The van der Waals surface area contributed by atoms with Crippen molar-refractivity contribution in [2.24, 2.45) is 17.3 Å². The zero-order valence-corrected chi connectivity index (χ0v) is 11.7. The lowest BCUT2D eigenvalue weighted by molar-refractivity contribution is -0.0509. The molecule has 2 aliphatic carbocycles. The minimum absolute atomic E-state index is 0.0238. The maximum atomic E-state index is 10.4. The van der Waals surface area contributed by atoms with E-state index in [9.17, 15) is 10.2 Å². The molecule has 0 aromatic heterocycles. The molecule has 1 saturated heterocycles. The van der Waals surface area contributed by atoms with Crippen molar-refractivity contribution < 1.29 is 20.1 Å². The molecule has 3 rings (SSSR count). The van der Waals surface area contributed by atoms with Gasteiger partial charge in [-0.15, -0.1) is 0 Å². The van der Waals surface area contributed by atoms with E-state index in [1.54, 1.807) is 0 Å². The number of epoxide rings is 1. The van der Waals surface area contributed by atoms with Crippen LogP contribution in [-0.4, -0.2) is 45.8 Å². The van der Waals surface area contributed by atoms with Crippen molar-refractivity contribution in [3.8, 4) is 0 Å². The van der Waals surface area contributed by atoms with Crippen molar-refractivity contribution in [2.45, 2.75) is 57.0 Å². The normalized spacial score (nSPS) is 53.3. The lowest BCUT2D eigenvalue weighted by Gasteiger charge is -2.44. The van der Waals surface area contributed by atoms with E-state index >= 15 is 0 Å². The Morgan fingerprint density at radius 2 is 2.16 bits per heavy atom. The molecule has 3 fully saturated rings. The molecule has 0 radical (unpaired) electrons. The van der Waals surface area contributed by atoms with Gasteiger partial charge in [0, 0.05) is 5.41 Å². The first-order valence-electron chi connectivity index (χ1n) is 7.18. The lowest BCUT2D eigenvalue weighted by atomic mass is 9.62. The van der Waals surface area contributed by atoms with Gasteiger partial charge in [-0.3, -0.25) is 0 Å². The third-order valence-electron chi connectivity index (χ3n) is 6.03. The van der Waals surface area contributed by atoms with Crippen molar-refractivity contribution in [1.82, 2.24) is 0 Å². The summed E-state index contributed by atoms with van der Waals surface area (Å²) >= 11 is 0. The molecule has 1 aliphatic heterocycles. The zero-order valence-electron chi connectivity index (χ0n) is 11.7. The number of rotatable bonds is 3. The summed E-state index contributed by atoms with van der Waals surface area (Å²) in [5.41, 5.74) is -0.106. The highest BCUT2D eigenvalue weighted by atomic mass is 16.6. The molecule has 4 heteroatoms. The van der Waals surface area contributed by atoms with E-state index in [-0.39, 0.29) is 24.2 Å². The highest BCUT2D eigenvalue weighted by Crippen LogP contribution is 2.69. The molecule has 4 nitrogen and oxygen atoms in total. The van der Waals surface area contributed by atoms with Crippen LogP contribution in [0.1, 0.15) is 33.1 Å². The van der Waals surface area contributed by atoms with Crippen LogP contribution in [0.15, 0.2) is 12.2 Å². The lowest BCUT2D eigenvalue weighted by Crippen LogP contribution is -2.43. The molecule has 0 bridgehead atoms. The standard InChI is InChI=1S/C15H24O4/c1-8(7-16)12(18)15-6-10-5-11(17)4-9(2)14(10,3)13(15)19-15/h9-13,16-18H,1,4-7H2,2-3H3/t9-,10+,11+,12?,13-,14+,15-/m1/s1. The summed E-state index contributed by atoms with van der Waals surface area (Å²) in [4.78, 5) is 0. The van der Waals surface area contributed by atoms with Gasteiger partial charge in [0.2, 0.25) is 0 Å². The average Bonchev–Trinajstić information content (AvgIpc) is 3.04. The van der Waals surface area contributed by atoms with E-state index in [0.717, 1.165) is 19.3 Å². The summed E-state index contributed by atoms with van der Waals surface area (Å²) < 4.78 is 5.90. The maximum absolute atomic E-state index is 10.4. The average molecular weight is 268 g/mol. The molecule has 3 N–H and O–H groups in total. The Bertz CT molecular complexity index is 409. The Kier molecular flexibility index (Phi) is 2.88. The van der Waals surface area contributed by atoms with Crippen LogP contribution in [0.2, 0.25) is 0 Å². The molecule has 108 valence electrons. The number of hydrogen-bond acceptors (Lipinski definition) is 4. The van der Waals surface area contributed by atoms with Gasteiger partial charge in [0.25, 0.3) is 0 Å². The molecule has 3 aliphatic rings. The third kappa shape index (κ3) is 1.60. The highest BCUT2D eigenvalue weighted by molar-refractivity contribution is 5.29. The number of fused-ring (bicyclic) bond motifs is 3. The van der Waals surface area contributed by atoms with E-state index in [1.807, 2.05) is 0 Å². The molecule has 19 heavy (non-hydrogen) atoms. The fourth-order valence-electron chi connectivity index (χ4n) is 4.65. The molecule has 0 aromatic carbocycles. The predicted molar refractivity (Wildman–Crippen MR) is 70.5 cm³/mol. The first kappa shape index (κ1) is 13.6. The predicted octanol–water partition coefficient (Wildman–Crippen LogP) is 0.850. The number of hydrogen-bond donors (Lipinski definition) is 3. The Morgan fingerprint density at radius 3 is 2.79 bits per heavy atom. The molecule has 2 saturated carbocycles. The molecule has 0 spiro atoms. The van der Waals surface area contributed by atoms with E-state index in [2.05, 4.69) is 20.4 Å². The van der Waals surface area contributed by atoms with Crippen LogP contribution in [0.3, 0.4) is 0 Å². The molecule has 1 unspecified atom stereocenters. The van der Waals surface area contributed by atoms with Crippen LogP contribution in [-0.2, 0) is 4.74 Å². The van der Waals surface area contributed by atoms with Crippen molar-refractivity contribution in [3.63, 3.8) is 0 Å². The second-order valence-corrected chi connectivity index (χ2v) is 6.97. The van der Waals surface area contributed by atoms with E-state index in [1.165, 1.54) is 0 Å². The van der Waals surface area contributed by atoms with Crippen LogP contribution >= 0.6 is 0 Å². The first-order valence-corrected chi connectivity index (χ1v) is 7.18. The van der Waals surface area contributed by atoms with Gasteiger partial charge in [-0.25, -0.2) is 0 Å². The summed E-state index contributed by atoms with van der Waals surface area (Å²) in [7, 11) is 0. The quantitative estimate of drug-likeness (QED) is 0.524. The minimum atomic E-state index is -0.797. The van der Waals surface area contributed by atoms with Gasteiger partial charge in [0.15, 0.2) is 0 Å². The molecular weight excluding hydrogens is 244 g/mol. The zero-order chi connectivity index (χ0) is 14.0. The topological polar surface area (TPSA) is 73.2 Å². The van der Waals surface area contributed by atoms with Gasteiger partial charge in [-0.2, -0.15) is 0 Å². The summed E-state index contributed by atoms with van der Waals surface area (Å²) in [6, 6.07) is 0. The van der Waals surface area contributed by atoms with Crippen molar-refractivity contribution in [2.75, 3.05) is 6.61 Å². The Balaban J connectivity index is 1.87. The highest BCUT2D eigenvalue weighted by Gasteiger charge is 2.77. The van der Waals surface area contributed by atoms with Gasteiger partial charge >= 0.3 is 0 Å². The SMILES string of the molecule is C=C(CO)C(O)[C@]12C[C@@H]3C[C@@H](O)C[C@@H](C)[C@]3(C)[C@H]1O2. The van der Waals surface area contributed by atoms with E-state index in [4.69, 9.17) is 9.84 Å². The monoisotopic (exact) mass is 268 g/mol. The molecular formula is C15H24O4. The molecule has 0 amide bonds. The van der Waals surface area contributed by atoms with Crippen molar-refractivity contribution in [1.29, 1.82) is 0 Å². The van der Waals surface area contributed by atoms with Crippen LogP contribution in [0.4, 0.5) is 0 Å². The molecule has 7 atom stereocenters. The van der Waals surface area contributed by atoms with Crippen LogP contribution in [0.25, 0.3) is 0 Å². The summed E-state index contributed by atoms with van der Waals surface area (Å²) in [6.07, 6.45) is 1.36. The third-order valence-corrected chi connectivity index (χ3v) is 6.03. The van der Waals surface area contributed by atoms with Crippen LogP contribution in [0, 0.1) is 17.3 Å². The van der Waals surface area contributed by atoms with Gasteiger partial charge in [-0.05, 0) is 36.7 Å². The van der Waals surface area contributed by atoms with Crippen LogP contribution in [0.5, 0.6) is 0 Å². The fourth-order valence-corrected chi connectivity index (χ4v) is 4.65. The summed E-state index contributed by atoms with van der Waals surface area (Å²) in [6.45, 7) is 7.92. The molecule has 0 aromatic rings. The number of aliphatic hydroxyl groups excluding tert-OH is 3. The first-order chi connectivity index (χ1) is 8.86. The van der Waals surface area contributed by atoms with Gasteiger partial charge < -0.3 is 20.1 Å². The number of ether oxygens (including phenoxy) is 1. The van der Waals surface area contributed by atoms with Crippen molar-refractivity contribution in [3.05, 3.63) is 12.2 Å². The smallest absolute Gasteiger partial charge is 0.125 e. The fraction of sp³-hybridized carbons (Fsp3) is 0.867. The van der Waals surface area contributed by atoms with E-state index in [0.29, 0.717) is 17.4 Å². The largest absolute Gasteiger partial charge is 0.393 e. The van der Waals surface area contributed by atoms with Crippen LogP contribution < -0.4 is 0 Å². The Labute approximate surface area is 114 Å². The molecule has 1 heterocycles.